The fourth-order valence-corrected chi connectivity index (χ4v) is 1.29. The normalized spacial score (nSPS) is 11.6. The Morgan fingerprint density at radius 2 is 2.29 bits per heavy atom. The quantitative estimate of drug-likeness (QED) is 0.357. The van der Waals surface area contributed by atoms with Crippen LogP contribution in [-0.2, 0) is 6.54 Å². The van der Waals surface area contributed by atoms with E-state index >= 15 is 0 Å². The molecule has 6 heteroatoms. The summed E-state index contributed by atoms with van der Waals surface area (Å²) < 4.78 is 0. The summed E-state index contributed by atoms with van der Waals surface area (Å²) in [7, 11) is 0. The molecular weight excluding hydrogens is 220 g/mol. The molecule has 0 aliphatic heterocycles. The van der Waals surface area contributed by atoms with E-state index in [2.05, 4.69) is 10.3 Å². The van der Waals surface area contributed by atoms with E-state index in [1.54, 1.807) is 12.1 Å². The first-order valence-corrected chi connectivity index (χ1v) is 5.29. The molecule has 0 aliphatic carbocycles. The molecule has 1 aromatic rings. The molecule has 17 heavy (non-hydrogen) atoms. The van der Waals surface area contributed by atoms with Crippen LogP contribution in [0.4, 0.5) is 5.69 Å². The lowest BCUT2D eigenvalue weighted by atomic mass is 10.2. The molecule has 6 nitrogen and oxygen atoms in total. The summed E-state index contributed by atoms with van der Waals surface area (Å²) in [6, 6.07) is 6.56. The summed E-state index contributed by atoms with van der Waals surface area (Å²) in [5.74, 6) is 0.339. The van der Waals surface area contributed by atoms with Crippen molar-refractivity contribution in [2.75, 3.05) is 0 Å². The van der Waals surface area contributed by atoms with E-state index in [-0.39, 0.29) is 11.7 Å². The second-order valence-electron chi connectivity index (χ2n) is 3.93. The minimum absolute atomic E-state index is 0.0630. The Balaban J connectivity index is 2.69. The van der Waals surface area contributed by atoms with E-state index in [1.165, 1.54) is 12.1 Å². The van der Waals surface area contributed by atoms with Crippen molar-refractivity contribution in [2.24, 2.45) is 10.7 Å². The average molecular weight is 236 g/mol. The van der Waals surface area contributed by atoms with Gasteiger partial charge in [0.05, 0.1) is 11.5 Å². The van der Waals surface area contributed by atoms with Crippen LogP contribution >= 0.6 is 0 Å². The first-order chi connectivity index (χ1) is 7.99. The molecule has 0 heterocycles. The Hall–Kier alpha value is -2.11. The van der Waals surface area contributed by atoms with Gasteiger partial charge in [-0.2, -0.15) is 0 Å². The zero-order chi connectivity index (χ0) is 12.8. The highest BCUT2D eigenvalue weighted by Crippen LogP contribution is 2.13. The van der Waals surface area contributed by atoms with Crippen LogP contribution in [0.5, 0.6) is 0 Å². The Morgan fingerprint density at radius 1 is 1.59 bits per heavy atom. The molecule has 0 aromatic heterocycles. The highest BCUT2D eigenvalue weighted by atomic mass is 16.6. The van der Waals surface area contributed by atoms with Crippen molar-refractivity contribution in [3.8, 4) is 0 Å². The number of benzene rings is 1. The van der Waals surface area contributed by atoms with Gasteiger partial charge in [-0.05, 0) is 19.4 Å². The molecule has 3 N–H and O–H groups in total. The molecule has 1 aromatic carbocycles. The van der Waals surface area contributed by atoms with E-state index in [1.807, 2.05) is 13.8 Å². The van der Waals surface area contributed by atoms with Gasteiger partial charge in [0.25, 0.3) is 5.69 Å². The van der Waals surface area contributed by atoms with Crippen molar-refractivity contribution in [1.29, 1.82) is 0 Å². The van der Waals surface area contributed by atoms with Crippen molar-refractivity contribution in [1.82, 2.24) is 5.32 Å². The number of aliphatic imine (C=N–C) groups is 1. The molecule has 0 saturated carbocycles. The van der Waals surface area contributed by atoms with Gasteiger partial charge in [-0.15, -0.1) is 0 Å². The number of nitro benzene ring substituents is 1. The minimum atomic E-state index is -0.428. The van der Waals surface area contributed by atoms with Gasteiger partial charge in [0, 0.05) is 18.2 Å². The highest BCUT2D eigenvalue weighted by molar-refractivity contribution is 5.78. The standard InChI is InChI=1S/C11H16N4O2/c1-8(2)14-11(12)13-7-9-4-3-5-10(6-9)15(16)17/h3-6,8H,7H2,1-2H3,(H3,12,13,14). The lowest BCUT2D eigenvalue weighted by Crippen LogP contribution is -2.36. The number of nitrogens with one attached hydrogen (secondary N) is 1. The molecule has 0 spiro atoms. The number of hydrogen-bond acceptors (Lipinski definition) is 3. The number of non-ortho nitro benzene ring substituents is 1. The van der Waals surface area contributed by atoms with Gasteiger partial charge in [0.2, 0.25) is 0 Å². The van der Waals surface area contributed by atoms with E-state index in [4.69, 9.17) is 5.73 Å². The second-order valence-corrected chi connectivity index (χ2v) is 3.93. The Labute approximate surface area is 99.7 Å². The first kappa shape index (κ1) is 13.0. The van der Waals surface area contributed by atoms with Gasteiger partial charge in [-0.1, -0.05) is 12.1 Å². The maximum atomic E-state index is 10.6. The van der Waals surface area contributed by atoms with Gasteiger partial charge in [0.1, 0.15) is 0 Å². The summed E-state index contributed by atoms with van der Waals surface area (Å²) >= 11 is 0. The van der Waals surface area contributed by atoms with Crippen LogP contribution < -0.4 is 11.1 Å². The van der Waals surface area contributed by atoms with Gasteiger partial charge < -0.3 is 11.1 Å². The van der Waals surface area contributed by atoms with Crippen LogP contribution in [0.25, 0.3) is 0 Å². The van der Waals surface area contributed by atoms with Gasteiger partial charge >= 0.3 is 0 Å². The van der Waals surface area contributed by atoms with Crippen LogP contribution in [0.15, 0.2) is 29.3 Å². The molecule has 0 atom stereocenters. The maximum Gasteiger partial charge on any atom is 0.269 e. The number of nitrogens with zero attached hydrogens (tertiary/aromatic N) is 2. The number of hydrogen-bond donors (Lipinski definition) is 2. The summed E-state index contributed by atoms with van der Waals surface area (Å²) in [6.07, 6.45) is 0. The molecule has 1 rings (SSSR count). The predicted octanol–water partition coefficient (Wildman–Crippen LogP) is 1.41. The monoisotopic (exact) mass is 236 g/mol. The molecule has 0 fully saturated rings. The fourth-order valence-electron chi connectivity index (χ4n) is 1.29. The van der Waals surface area contributed by atoms with E-state index < -0.39 is 4.92 Å². The van der Waals surface area contributed by atoms with E-state index in [0.717, 1.165) is 5.56 Å². The summed E-state index contributed by atoms with van der Waals surface area (Å²) in [4.78, 5) is 14.2. The van der Waals surface area contributed by atoms with Crippen LogP contribution in [0.3, 0.4) is 0 Å². The zero-order valence-corrected chi connectivity index (χ0v) is 9.88. The van der Waals surface area contributed by atoms with Gasteiger partial charge in [-0.3, -0.25) is 10.1 Å². The molecular formula is C11H16N4O2. The molecule has 0 aliphatic rings. The van der Waals surface area contributed by atoms with E-state index in [0.29, 0.717) is 12.5 Å². The van der Waals surface area contributed by atoms with Crippen molar-refractivity contribution >= 4 is 11.6 Å². The lowest BCUT2D eigenvalue weighted by Gasteiger charge is -2.08. The average Bonchev–Trinajstić information content (AvgIpc) is 2.26. The number of guanidine groups is 1. The Bertz CT molecular complexity index is 429. The molecule has 0 saturated heterocycles. The lowest BCUT2D eigenvalue weighted by molar-refractivity contribution is -0.384. The zero-order valence-electron chi connectivity index (χ0n) is 9.88. The van der Waals surface area contributed by atoms with Gasteiger partial charge in [0.15, 0.2) is 5.96 Å². The third kappa shape index (κ3) is 4.50. The molecule has 0 bridgehead atoms. The maximum absolute atomic E-state index is 10.6. The van der Waals surface area contributed by atoms with Gasteiger partial charge in [-0.25, -0.2) is 4.99 Å². The summed E-state index contributed by atoms with van der Waals surface area (Å²) in [6.45, 7) is 4.23. The minimum Gasteiger partial charge on any atom is -0.370 e. The highest BCUT2D eigenvalue weighted by Gasteiger charge is 2.05. The molecule has 92 valence electrons. The third-order valence-electron chi connectivity index (χ3n) is 1.99. The van der Waals surface area contributed by atoms with E-state index in [9.17, 15) is 10.1 Å². The number of nitro groups is 1. The largest absolute Gasteiger partial charge is 0.370 e. The van der Waals surface area contributed by atoms with Crippen LogP contribution in [0.1, 0.15) is 19.4 Å². The van der Waals surface area contributed by atoms with Crippen LogP contribution in [-0.4, -0.2) is 16.9 Å². The smallest absolute Gasteiger partial charge is 0.269 e. The third-order valence-corrected chi connectivity index (χ3v) is 1.99. The second kappa shape index (κ2) is 5.83. The van der Waals surface area contributed by atoms with Crippen molar-refractivity contribution in [2.45, 2.75) is 26.4 Å². The Morgan fingerprint density at radius 3 is 2.88 bits per heavy atom. The molecule has 0 amide bonds. The van der Waals surface area contributed by atoms with Crippen molar-refractivity contribution in [3.05, 3.63) is 39.9 Å². The molecule has 0 unspecified atom stereocenters. The first-order valence-electron chi connectivity index (χ1n) is 5.29. The predicted molar refractivity (Wildman–Crippen MR) is 66.7 cm³/mol. The summed E-state index contributed by atoms with van der Waals surface area (Å²) in [5, 5.41) is 13.5. The summed E-state index contributed by atoms with van der Waals surface area (Å²) in [5.41, 5.74) is 6.45. The van der Waals surface area contributed by atoms with Crippen molar-refractivity contribution in [3.63, 3.8) is 0 Å². The Kier molecular flexibility index (Phi) is 4.45. The fraction of sp³-hybridized carbons (Fsp3) is 0.364. The number of nitrogens with two attached hydrogens (primary N) is 1. The van der Waals surface area contributed by atoms with Crippen molar-refractivity contribution < 1.29 is 4.92 Å². The van der Waals surface area contributed by atoms with Crippen LogP contribution in [0, 0.1) is 10.1 Å². The molecule has 0 radical (unpaired) electrons. The number of rotatable bonds is 4. The SMILES string of the molecule is CC(C)NC(N)=NCc1cccc([N+](=O)[O-])c1. The van der Waals surface area contributed by atoms with Crippen LogP contribution in [0.2, 0.25) is 0 Å². The topological polar surface area (TPSA) is 93.5 Å².